The van der Waals surface area contributed by atoms with Crippen LogP contribution in [0.5, 0.6) is 5.75 Å². The maximum atomic E-state index is 14.4. The van der Waals surface area contributed by atoms with Gasteiger partial charge in [-0.3, -0.25) is 9.59 Å². The summed E-state index contributed by atoms with van der Waals surface area (Å²) >= 11 is 1.60. The Morgan fingerprint density at radius 2 is 1.61 bits per heavy atom. The first-order chi connectivity index (χ1) is 38.2. The average Bonchev–Trinajstić information content (AvgIpc) is 4.35. The van der Waals surface area contributed by atoms with Crippen LogP contribution in [0, 0.1) is 24.7 Å². The van der Waals surface area contributed by atoms with Crippen LogP contribution in [-0.4, -0.2) is 149 Å². The Labute approximate surface area is 467 Å². The molecule has 0 spiro atoms. The molecule has 8 heterocycles. The molecule has 79 heavy (non-hydrogen) atoms. The number of hydrogen-bond acceptors (Lipinski definition) is 16. The van der Waals surface area contributed by atoms with Crippen LogP contribution in [0.2, 0.25) is 0 Å². The number of thiazole rings is 1. The fourth-order valence-electron chi connectivity index (χ4n) is 13.0. The smallest absolute Gasteiger partial charge is 0.243 e. The Morgan fingerprint density at radius 3 is 2.32 bits per heavy atom. The lowest BCUT2D eigenvalue weighted by molar-refractivity contribution is -0.141. The van der Waals surface area contributed by atoms with Crippen LogP contribution >= 0.6 is 11.3 Å². The predicted molar refractivity (Wildman–Crippen MR) is 305 cm³/mol. The van der Waals surface area contributed by atoms with Crippen molar-refractivity contribution in [1.82, 2.24) is 49.9 Å². The molecular weight excluding hydrogens is 1020 g/mol. The van der Waals surface area contributed by atoms with Gasteiger partial charge < -0.3 is 54.7 Å². The molecule has 1 aliphatic carbocycles. The number of phenolic OH excluding ortho intramolecular Hbond substituents is 1. The van der Waals surface area contributed by atoms with Crippen LogP contribution in [0.25, 0.3) is 33.0 Å². The van der Waals surface area contributed by atoms with Crippen LogP contribution in [-0.2, 0) is 14.3 Å². The van der Waals surface area contributed by atoms with E-state index < -0.39 is 18.1 Å². The number of carbonyl (C=O) groups excluding carboxylic acids is 2. The van der Waals surface area contributed by atoms with Crippen molar-refractivity contribution in [3.05, 3.63) is 95.7 Å². The standard InChI is InChI=1S/C60H78N12O6S/c1-36(2)56(60(76)72-32-45(73)28-52(72)59(75)64-37(3)41-10-12-43(13-11-41)57-38(4)63-35-79-57)54-30-55(67-78-54)70-22-14-40(15-23-70)31-68-20-18-46(19-21-68)77-47-26-44(27-47)69-24-16-42(17-25-69)39(5)71-33-51(62-34-71)49-29-50(65-66-58(49)61)48-8-6-7-9-53(48)74/h6-13,29-30,33-37,39-40,42,44-47,52,56,73-74H,14-28,31-32H2,1-5H3,(H2,61,66)(H,64,75)/t37-,39?,44?,45+,47?,52-,56+/m0/s1. The summed E-state index contributed by atoms with van der Waals surface area (Å²) < 4.78 is 14.9. The molecule has 0 bridgehead atoms. The lowest BCUT2D eigenvalue weighted by atomic mass is 9.83. The number of rotatable bonds is 17. The number of aliphatic hydroxyl groups is 1. The number of aryl methyl sites for hydroxylation is 1. The van der Waals surface area contributed by atoms with Crippen molar-refractivity contribution in [2.24, 2.45) is 17.8 Å². The van der Waals surface area contributed by atoms with Gasteiger partial charge in [-0.15, -0.1) is 21.5 Å². The summed E-state index contributed by atoms with van der Waals surface area (Å²) in [6.45, 7) is 17.5. The van der Waals surface area contributed by atoms with E-state index in [-0.39, 0.29) is 42.5 Å². The number of para-hydroxylation sites is 1. The molecule has 5 aliphatic rings. The number of benzene rings is 2. The number of nitrogens with one attached hydrogen (secondary N) is 1. The Hall–Kier alpha value is -6.25. The normalized spacial score (nSPS) is 23.2. The maximum Gasteiger partial charge on any atom is 0.243 e. The molecule has 11 rings (SSSR count). The van der Waals surface area contributed by atoms with Gasteiger partial charge in [0.15, 0.2) is 17.4 Å². The fourth-order valence-corrected chi connectivity index (χ4v) is 13.8. The summed E-state index contributed by atoms with van der Waals surface area (Å²) in [7, 11) is 0. The molecular formula is C60H78N12O6S. The number of aromatic hydroxyl groups is 1. The number of amides is 2. The third kappa shape index (κ3) is 12.1. The van der Waals surface area contributed by atoms with E-state index in [1.54, 1.807) is 28.4 Å². The molecule has 0 radical (unpaired) electrons. The highest BCUT2D eigenvalue weighted by Crippen LogP contribution is 2.39. The van der Waals surface area contributed by atoms with Crippen LogP contribution in [0.15, 0.2) is 83.2 Å². The molecule has 2 aromatic carbocycles. The number of anilines is 2. The van der Waals surface area contributed by atoms with E-state index in [1.165, 1.54) is 0 Å². The molecule has 4 aromatic heterocycles. The highest BCUT2D eigenvalue weighted by molar-refractivity contribution is 7.13. The molecule has 6 aromatic rings. The minimum atomic E-state index is -0.797. The fraction of sp³-hybridized carbons (Fsp3) is 0.550. The van der Waals surface area contributed by atoms with Gasteiger partial charge in [-0.05, 0) is 132 Å². The predicted octanol–water partition coefficient (Wildman–Crippen LogP) is 8.50. The van der Waals surface area contributed by atoms with Gasteiger partial charge in [0, 0.05) is 81.2 Å². The quantitative estimate of drug-likeness (QED) is 0.0673. The minimum Gasteiger partial charge on any atom is -0.507 e. The molecule has 1 unspecified atom stereocenters. The third-order valence-corrected chi connectivity index (χ3v) is 18.9. The molecule has 2 amide bonds. The highest BCUT2D eigenvalue weighted by atomic mass is 32.1. The molecule has 18 nitrogen and oxygen atoms in total. The van der Waals surface area contributed by atoms with Crippen LogP contribution < -0.4 is 16.0 Å². The van der Waals surface area contributed by atoms with Gasteiger partial charge in [-0.2, -0.15) is 0 Å². The van der Waals surface area contributed by atoms with E-state index in [1.807, 2.05) is 88.1 Å². The number of phenols is 1. The first-order valence-corrected chi connectivity index (χ1v) is 29.7. The largest absolute Gasteiger partial charge is 0.507 e. The number of aliphatic hydroxyl groups excluding tert-OH is 1. The molecule has 1 saturated carbocycles. The number of ether oxygens (including phenoxy) is 1. The van der Waals surface area contributed by atoms with E-state index in [2.05, 4.69) is 58.0 Å². The van der Waals surface area contributed by atoms with Crippen molar-refractivity contribution in [3.63, 3.8) is 0 Å². The van der Waals surface area contributed by atoms with Crippen molar-refractivity contribution in [1.29, 1.82) is 0 Å². The monoisotopic (exact) mass is 1090 g/mol. The molecule has 5 atom stereocenters. The number of nitrogen functional groups attached to an aromatic ring is 1. The van der Waals surface area contributed by atoms with Gasteiger partial charge in [0.1, 0.15) is 17.7 Å². The summed E-state index contributed by atoms with van der Waals surface area (Å²) in [6, 6.07) is 18.8. The zero-order valence-electron chi connectivity index (χ0n) is 46.4. The summed E-state index contributed by atoms with van der Waals surface area (Å²) in [5, 5.41) is 37.2. The lowest BCUT2D eigenvalue weighted by Crippen LogP contribution is -2.52. The number of β-amino-alcohol motifs (C(OH)–C–C–N with tert-alkyl or cyclic N) is 1. The third-order valence-electron chi connectivity index (χ3n) is 18.0. The zero-order chi connectivity index (χ0) is 54.9. The first kappa shape index (κ1) is 54.7. The van der Waals surface area contributed by atoms with E-state index >= 15 is 0 Å². The number of nitrogens with zero attached hydrogens (tertiary/aromatic N) is 10. The highest BCUT2D eigenvalue weighted by Gasteiger charge is 2.44. The molecule has 5 fully saturated rings. The van der Waals surface area contributed by atoms with Gasteiger partial charge >= 0.3 is 0 Å². The molecule has 5 N–H and O–H groups in total. The van der Waals surface area contributed by atoms with Gasteiger partial charge in [0.25, 0.3) is 0 Å². The summed E-state index contributed by atoms with van der Waals surface area (Å²) in [4.78, 5) is 47.6. The lowest BCUT2D eigenvalue weighted by Gasteiger charge is -2.47. The molecule has 420 valence electrons. The van der Waals surface area contributed by atoms with Crippen molar-refractivity contribution >= 4 is 34.8 Å². The van der Waals surface area contributed by atoms with Crippen molar-refractivity contribution < 1.29 is 29.1 Å². The van der Waals surface area contributed by atoms with Crippen LogP contribution in [0.1, 0.15) is 121 Å². The Bertz CT molecular complexity index is 3020. The van der Waals surface area contributed by atoms with Gasteiger partial charge in [0.05, 0.1) is 58.2 Å². The van der Waals surface area contributed by atoms with Gasteiger partial charge in [-0.25, -0.2) is 9.97 Å². The first-order valence-electron chi connectivity index (χ1n) is 28.8. The number of piperidine rings is 3. The van der Waals surface area contributed by atoms with E-state index in [0.717, 1.165) is 130 Å². The zero-order valence-corrected chi connectivity index (χ0v) is 47.2. The Morgan fingerprint density at radius 1 is 0.861 bits per heavy atom. The van der Waals surface area contributed by atoms with Crippen LogP contribution in [0.3, 0.4) is 0 Å². The SMILES string of the molecule is Cc1ncsc1-c1ccc([C@H](C)NC(=O)[C@@H]2C[C@@H](O)CN2C(=O)[C@@H](c2cc(N3CCC(CN4CCC(OC5CC(N6CCC(C(C)n7cnc(-c8cc(-c9ccccc9O)nnc8N)c7)CC6)C5)CC4)CC3)no2)C(C)C)cc1. The summed E-state index contributed by atoms with van der Waals surface area (Å²) in [6.07, 6.45) is 12.9. The number of aromatic nitrogens is 6. The molecule has 4 saturated heterocycles. The van der Waals surface area contributed by atoms with E-state index in [9.17, 15) is 19.8 Å². The van der Waals surface area contributed by atoms with Gasteiger partial charge in [0.2, 0.25) is 11.8 Å². The summed E-state index contributed by atoms with van der Waals surface area (Å²) in [5.74, 6) is 1.58. The Kier molecular flexibility index (Phi) is 16.5. The van der Waals surface area contributed by atoms with Gasteiger partial charge in [-0.1, -0.05) is 55.4 Å². The number of likely N-dealkylation sites (tertiary alicyclic amines) is 3. The number of hydrogen-bond donors (Lipinski definition) is 4. The second kappa shape index (κ2) is 23.8. The minimum absolute atomic E-state index is 0.0905. The number of nitrogens with two attached hydrogens (primary N) is 1. The second-order valence-corrected chi connectivity index (χ2v) is 24.4. The average molecular weight is 1100 g/mol. The van der Waals surface area contributed by atoms with E-state index in [4.69, 9.17) is 20.0 Å². The van der Waals surface area contributed by atoms with Crippen molar-refractivity contribution in [2.45, 2.75) is 141 Å². The van der Waals surface area contributed by atoms with Crippen molar-refractivity contribution in [3.8, 4) is 38.7 Å². The summed E-state index contributed by atoms with van der Waals surface area (Å²) in [5.41, 5.74) is 13.8. The maximum absolute atomic E-state index is 14.4. The second-order valence-electron chi connectivity index (χ2n) is 23.5. The molecule has 4 aliphatic heterocycles. The number of imidazole rings is 1. The van der Waals surface area contributed by atoms with Crippen molar-refractivity contribution in [2.75, 3.05) is 63.0 Å². The van der Waals surface area contributed by atoms with E-state index in [0.29, 0.717) is 64.5 Å². The topological polar surface area (TPSA) is 217 Å². The Balaban J connectivity index is 0.586. The van der Waals surface area contributed by atoms with Crippen LogP contribution in [0.4, 0.5) is 11.6 Å². The molecule has 19 heteroatoms. The number of carbonyl (C=O) groups is 2.